The molecule has 0 saturated carbocycles. The fraction of sp³-hybridized carbons (Fsp3) is 0.360. The summed E-state index contributed by atoms with van der Waals surface area (Å²) in [6.45, 7) is 10.2. The van der Waals surface area contributed by atoms with Crippen LogP contribution in [0.2, 0.25) is 0 Å². The van der Waals surface area contributed by atoms with Crippen molar-refractivity contribution in [3.8, 4) is 10.6 Å². The van der Waals surface area contributed by atoms with Gasteiger partial charge in [-0.1, -0.05) is 0 Å². The molecule has 0 atom stereocenters. The molecule has 1 aliphatic heterocycles. The number of carbonyl (C=O) groups is 2. The van der Waals surface area contributed by atoms with E-state index in [1.165, 1.54) is 16.2 Å². The Kier molecular flexibility index (Phi) is 5.99. The number of thiophene rings is 2. The zero-order valence-electron chi connectivity index (χ0n) is 19.7. The summed E-state index contributed by atoms with van der Waals surface area (Å²) < 4.78 is 1.87. The molecule has 0 bridgehead atoms. The molecule has 5 heterocycles. The molecule has 4 aromatic heterocycles. The van der Waals surface area contributed by atoms with Gasteiger partial charge in [-0.2, -0.15) is 5.10 Å². The molecule has 1 saturated heterocycles. The molecule has 4 aromatic rings. The number of pyridine rings is 1. The average Bonchev–Trinajstić information content (AvgIpc) is 3.57. The van der Waals surface area contributed by atoms with Gasteiger partial charge in [0.15, 0.2) is 5.65 Å². The van der Waals surface area contributed by atoms with Gasteiger partial charge in [0, 0.05) is 42.0 Å². The number of fused-ring (bicyclic) bond motifs is 1. The van der Waals surface area contributed by atoms with Crippen molar-refractivity contribution in [2.45, 2.75) is 33.7 Å². The van der Waals surface area contributed by atoms with Gasteiger partial charge >= 0.3 is 0 Å². The molecule has 9 heteroatoms. The monoisotopic (exact) mass is 493 g/mol. The molecule has 0 unspecified atom stereocenters. The maximum atomic E-state index is 13.7. The van der Waals surface area contributed by atoms with Gasteiger partial charge in [-0.3, -0.25) is 9.59 Å². The zero-order chi connectivity index (χ0) is 24.0. The number of aryl methyl sites for hydroxylation is 2. The Morgan fingerprint density at radius 1 is 0.912 bits per heavy atom. The quantitative estimate of drug-likeness (QED) is 0.400. The first-order valence-electron chi connectivity index (χ1n) is 11.4. The van der Waals surface area contributed by atoms with Crippen LogP contribution >= 0.6 is 22.7 Å². The fourth-order valence-corrected chi connectivity index (χ4v) is 5.92. The van der Waals surface area contributed by atoms with E-state index in [1.807, 2.05) is 39.6 Å². The van der Waals surface area contributed by atoms with Gasteiger partial charge in [-0.25, -0.2) is 9.67 Å². The standard InChI is InChI=1S/C25H27N5O2S2/c1-15(2)30-23-19(14-26-30)18(13-20(27-23)21-7-5-16(3)33-21)24(31)28-9-11-29(12-10-28)25(32)22-8-6-17(4)34-22/h5-8,13-15H,9-12H2,1-4H3. The van der Waals surface area contributed by atoms with Crippen molar-refractivity contribution in [1.82, 2.24) is 24.6 Å². The molecule has 0 radical (unpaired) electrons. The molecule has 5 rings (SSSR count). The molecule has 1 fully saturated rings. The van der Waals surface area contributed by atoms with Crippen molar-refractivity contribution in [3.63, 3.8) is 0 Å². The van der Waals surface area contributed by atoms with Crippen molar-refractivity contribution < 1.29 is 9.59 Å². The lowest BCUT2D eigenvalue weighted by Crippen LogP contribution is -2.50. The summed E-state index contributed by atoms with van der Waals surface area (Å²) in [6.07, 6.45) is 1.75. The molecular formula is C25H27N5O2S2. The van der Waals surface area contributed by atoms with Crippen LogP contribution in [0.4, 0.5) is 0 Å². The first-order chi connectivity index (χ1) is 16.3. The molecule has 34 heavy (non-hydrogen) atoms. The first kappa shape index (κ1) is 22.7. The van der Waals surface area contributed by atoms with Crippen LogP contribution in [0, 0.1) is 13.8 Å². The molecule has 0 aromatic carbocycles. The van der Waals surface area contributed by atoms with Crippen molar-refractivity contribution in [2.75, 3.05) is 26.2 Å². The molecule has 0 N–H and O–H groups in total. The summed E-state index contributed by atoms with van der Waals surface area (Å²) in [6, 6.07) is 10.00. The predicted octanol–water partition coefficient (Wildman–Crippen LogP) is 5.02. The molecule has 1 aliphatic rings. The van der Waals surface area contributed by atoms with Gasteiger partial charge in [0.1, 0.15) is 0 Å². The Hall–Kier alpha value is -3.04. The summed E-state index contributed by atoms with van der Waals surface area (Å²) >= 11 is 3.18. The number of amides is 2. The third kappa shape index (κ3) is 4.14. The lowest BCUT2D eigenvalue weighted by Gasteiger charge is -2.34. The highest BCUT2D eigenvalue weighted by Crippen LogP contribution is 2.31. The van der Waals surface area contributed by atoms with E-state index in [-0.39, 0.29) is 17.9 Å². The van der Waals surface area contributed by atoms with Crippen LogP contribution in [-0.2, 0) is 0 Å². The molecule has 0 aliphatic carbocycles. The first-order valence-corrected chi connectivity index (χ1v) is 13.0. The Morgan fingerprint density at radius 2 is 1.56 bits per heavy atom. The number of carbonyl (C=O) groups excluding carboxylic acids is 2. The molecule has 0 spiro atoms. The van der Waals surface area contributed by atoms with Gasteiger partial charge in [0.2, 0.25) is 0 Å². The van der Waals surface area contributed by atoms with Crippen LogP contribution in [0.3, 0.4) is 0 Å². The van der Waals surface area contributed by atoms with E-state index < -0.39 is 0 Å². The summed E-state index contributed by atoms with van der Waals surface area (Å²) in [5.41, 5.74) is 2.13. The number of aromatic nitrogens is 3. The van der Waals surface area contributed by atoms with Gasteiger partial charge < -0.3 is 9.80 Å². The van der Waals surface area contributed by atoms with E-state index in [0.717, 1.165) is 31.4 Å². The highest BCUT2D eigenvalue weighted by atomic mass is 32.1. The number of hydrogen-bond donors (Lipinski definition) is 0. The third-order valence-electron chi connectivity index (χ3n) is 6.08. The van der Waals surface area contributed by atoms with E-state index in [4.69, 9.17) is 4.98 Å². The SMILES string of the molecule is Cc1ccc(C(=O)N2CCN(C(=O)c3cc(-c4ccc(C)s4)nc4c3cnn4C(C)C)CC2)s1. The number of nitrogens with zero attached hydrogens (tertiary/aromatic N) is 5. The second kappa shape index (κ2) is 8.96. The maximum Gasteiger partial charge on any atom is 0.264 e. The molecule has 7 nitrogen and oxygen atoms in total. The van der Waals surface area contributed by atoms with Crippen LogP contribution < -0.4 is 0 Å². The van der Waals surface area contributed by atoms with Crippen molar-refractivity contribution in [3.05, 3.63) is 56.7 Å². The number of piperazine rings is 1. The topological polar surface area (TPSA) is 71.3 Å². The van der Waals surface area contributed by atoms with Gasteiger partial charge in [0.25, 0.3) is 11.8 Å². The molecule has 176 valence electrons. The minimum absolute atomic E-state index is 0.0377. The van der Waals surface area contributed by atoms with Crippen LogP contribution in [-0.4, -0.2) is 62.6 Å². The van der Waals surface area contributed by atoms with Crippen molar-refractivity contribution in [1.29, 1.82) is 0 Å². The lowest BCUT2D eigenvalue weighted by atomic mass is 10.1. The summed E-state index contributed by atoms with van der Waals surface area (Å²) in [5, 5.41) is 5.30. The maximum absolute atomic E-state index is 13.7. The van der Waals surface area contributed by atoms with Gasteiger partial charge in [0.05, 0.1) is 32.6 Å². The number of hydrogen-bond acceptors (Lipinski definition) is 6. The lowest BCUT2D eigenvalue weighted by molar-refractivity contribution is 0.0539. The van der Waals surface area contributed by atoms with Crippen molar-refractivity contribution >= 4 is 45.5 Å². The second-order valence-electron chi connectivity index (χ2n) is 8.88. The van der Waals surface area contributed by atoms with E-state index >= 15 is 0 Å². The van der Waals surface area contributed by atoms with E-state index in [2.05, 4.69) is 38.0 Å². The second-order valence-corrected chi connectivity index (χ2v) is 11.5. The smallest absolute Gasteiger partial charge is 0.264 e. The minimum atomic E-state index is -0.0377. The Labute approximate surface area is 206 Å². The zero-order valence-corrected chi connectivity index (χ0v) is 21.4. The number of rotatable bonds is 4. The van der Waals surface area contributed by atoms with Crippen LogP contribution in [0.1, 0.15) is 49.7 Å². The molecule has 2 amide bonds. The van der Waals surface area contributed by atoms with Gasteiger partial charge in [-0.15, -0.1) is 22.7 Å². The van der Waals surface area contributed by atoms with Crippen LogP contribution in [0.5, 0.6) is 0 Å². The minimum Gasteiger partial charge on any atom is -0.335 e. The normalized spacial score (nSPS) is 14.4. The van der Waals surface area contributed by atoms with E-state index in [9.17, 15) is 9.59 Å². The average molecular weight is 494 g/mol. The highest BCUT2D eigenvalue weighted by molar-refractivity contribution is 7.15. The van der Waals surface area contributed by atoms with Crippen LogP contribution in [0.25, 0.3) is 21.6 Å². The van der Waals surface area contributed by atoms with Gasteiger partial charge in [-0.05, 0) is 58.0 Å². The van der Waals surface area contributed by atoms with Crippen LogP contribution in [0.15, 0.2) is 36.5 Å². The molecular weight excluding hydrogens is 466 g/mol. The highest BCUT2D eigenvalue weighted by Gasteiger charge is 2.28. The summed E-state index contributed by atoms with van der Waals surface area (Å²) in [5.74, 6) is 0.00867. The fourth-order valence-electron chi connectivity index (χ4n) is 4.26. The largest absolute Gasteiger partial charge is 0.335 e. The Bertz CT molecular complexity index is 1380. The Balaban J connectivity index is 1.43. The summed E-state index contributed by atoms with van der Waals surface area (Å²) in [7, 11) is 0. The summed E-state index contributed by atoms with van der Waals surface area (Å²) in [4.78, 5) is 39.2. The Morgan fingerprint density at radius 3 is 2.15 bits per heavy atom. The third-order valence-corrected chi connectivity index (χ3v) is 8.10. The van der Waals surface area contributed by atoms with Crippen molar-refractivity contribution in [2.24, 2.45) is 0 Å². The van der Waals surface area contributed by atoms with E-state index in [1.54, 1.807) is 17.5 Å². The predicted molar refractivity (Wildman–Crippen MR) is 137 cm³/mol. The van der Waals surface area contributed by atoms with E-state index in [0.29, 0.717) is 31.7 Å².